The number of rotatable bonds is 10. The Kier molecular flexibility index (Phi) is 9.43. The highest BCUT2D eigenvalue weighted by Gasteiger charge is 2.37. The van der Waals surface area contributed by atoms with Crippen LogP contribution in [-0.4, -0.2) is 33.9 Å². The van der Waals surface area contributed by atoms with Gasteiger partial charge in [-0.2, -0.15) is 4.98 Å². The minimum atomic E-state index is -0.576. The summed E-state index contributed by atoms with van der Waals surface area (Å²) in [5.41, 5.74) is 4.04. The molecular weight excluding hydrogens is 596 g/mol. The second-order valence-corrected chi connectivity index (χ2v) is 12.3. The van der Waals surface area contributed by atoms with E-state index in [9.17, 15) is 4.79 Å². The van der Waals surface area contributed by atoms with Crippen LogP contribution in [0.25, 0.3) is 0 Å². The molecule has 1 fully saturated rings. The van der Waals surface area contributed by atoms with Gasteiger partial charge in [0.15, 0.2) is 11.5 Å². The maximum Gasteiger partial charge on any atom is 0.338 e. The van der Waals surface area contributed by atoms with Gasteiger partial charge >= 0.3 is 5.97 Å². The van der Waals surface area contributed by atoms with Crippen molar-refractivity contribution in [2.75, 3.05) is 12.4 Å². The minimum absolute atomic E-state index is 0.0820. The summed E-state index contributed by atoms with van der Waals surface area (Å²) < 4.78 is 19.7. The van der Waals surface area contributed by atoms with E-state index in [1.807, 2.05) is 67.6 Å². The molecule has 0 radical (unpaired) electrons. The Morgan fingerprint density at radius 1 is 1.02 bits per heavy atom. The molecular formula is C34H35ClN4O4S. The number of halogens is 1. The van der Waals surface area contributed by atoms with Gasteiger partial charge in [0.25, 0.3) is 0 Å². The molecule has 1 saturated carbocycles. The first-order valence-corrected chi connectivity index (χ1v) is 16.2. The molecule has 2 heterocycles. The number of nitrogens with zero attached hydrogens (tertiary/aromatic N) is 3. The van der Waals surface area contributed by atoms with Gasteiger partial charge < -0.3 is 19.5 Å². The van der Waals surface area contributed by atoms with Gasteiger partial charge in [-0.25, -0.2) is 9.48 Å². The number of ether oxygens (including phenoxy) is 3. The number of nitrogens with one attached hydrogen (secondary N) is 1. The first-order chi connectivity index (χ1) is 21.5. The zero-order valence-corrected chi connectivity index (χ0v) is 26.4. The summed E-state index contributed by atoms with van der Waals surface area (Å²) in [4.78, 5) is 18.6. The fraction of sp³-hybridized carbons (Fsp3) is 0.324. The van der Waals surface area contributed by atoms with Gasteiger partial charge in [-0.05, 0) is 61.9 Å². The van der Waals surface area contributed by atoms with E-state index in [0.717, 1.165) is 42.6 Å². The van der Waals surface area contributed by atoms with E-state index in [-0.39, 0.29) is 18.7 Å². The minimum Gasteiger partial charge on any atom is -0.493 e. The van der Waals surface area contributed by atoms with E-state index < -0.39 is 6.04 Å². The molecule has 2 aliphatic rings. The Bertz CT molecular complexity index is 1650. The molecule has 0 spiro atoms. The number of fused-ring (bicyclic) bond motifs is 1. The molecule has 1 aliphatic heterocycles. The number of benzene rings is 3. The standard InChI is InChI=1S/C34H35ClN4O4S/c1-22-30(32(40)43-26-14-7-4-8-15-26)31(39-33(36-22)37-34(38-39)44-21-23-11-5-3-6-12-23)24-17-18-28(29(19-24)41-2)42-20-25-13-9-10-16-27(25)35/h3,5-6,9-13,16-19,26,31H,4,7-8,14-15,20-21H2,1-2H3,(H,36,37,38). The number of carbonyl (C=O) groups excluding carboxylic acids is 1. The summed E-state index contributed by atoms with van der Waals surface area (Å²) in [5.74, 6) is 2.05. The van der Waals surface area contributed by atoms with Crippen LogP contribution in [0, 0.1) is 0 Å². The van der Waals surface area contributed by atoms with Crippen LogP contribution in [0.5, 0.6) is 11.5 Å². The van der Waals surface area contributed by atoms with E-state index in [0.29, 0.717) is 38.9 Å². The number of hydrogen-bond acceptors (Lipinski definition) is 8. The summed E-state index contributed by atoms with van der Waals surface area (Å²) in [6.45, 7) is 2.17. The SMILES string of the molecule is COc1cc(C2C(C(=O)OC3CCCCC3)=C(C)Nc3nc(SCc4ccccc4)nn32)ccc1OCc1ccccc1Cl. The van der Waals surface area contributed by atoms with Crippen molar-refractivity contribution in [1.82, 2.24) is 14.8 Å². The van der Waals surface area contributed by atoms with Crippen molar-refractivity contribution >= 4 is 35.3 Å². The molecule has 0 bridgehead atoms. The predicted octanol–water partition coefficient (Wildman–Crippen LogP) is 7.98. The quantitative estimate of drug-likeness (QED) is 0.139. The summed E-state index contributed by atoms with van der Waals surface area (Å²) in [7, 11) is 1.60. The number of allylic oxidation sites excluding steroid dienone is 1. The van der Waals surface area contributed by atoms with Crippen molar-refractivity contribution in [3.8, 4) is 11.5 Å². The summed E-state index contributed by atoms with van der Waals surface area (Å²) in [5, 5.41) is 9.45. The number of carbonyl (C=O) groups is 1. The van der Waals surface area contributed by atoms with Gasteiger partial charge in [0.1, 0.15) is 18.8 Å². The average molecular weight is 631 g/mol. The first-order valence-electron chi connectivity index (χ1n) is 14.9. The summed E-state index contributed by atoms with van der Waals surface area (Å²) in [6, 6.07) is 22.9. The lowest BCUT2D eigenvalue weighted by Crippen LogP contribution is -2.32. The molecule has 228 valence electrons. The van der Waals surface area contributed by atoms with Gasteiger partial charge in [-0.15, -0.1) is 5.10 Å². The van der Waals surface area contributed by atoms with Crippen molar-refractivity contribution < 1.29 is 19.0 Å². The number of esters is 1. The third-order valence-electron chi connectivity index (χ3n) is 7.93. The van der Waals surface area contributed by atoms with Crippen LogP contribution in [0.4, 0.5) is 5.95 Å². The Balaban J connectivity index is 1.32. The van der Waals surface area contributed by atoms with Crippen LogP contribution in [0.1, 0.15) is 61.8 Å². The Labute approximate surface area is 266 Å². The van der Waals surface area contributed by atoms with Crippen LogP contribution in [0.2, 0.25) is 5.02 Å². The largest absolute Gasteiger partial charge is 0.493 e. The Morgan fingerprint density at radius 2 is 1.80 bits per heavy atom. The monoisotopic (exact) mass is 630 g/mol. The van der Waals surface area contributed by atoms with Crippen molar-refractivity contribution in [2.24, 2.45) is 0 Å². The van der Waals surface area contributed by atoms with E-state index >= 15 is 0 Å². The highest BCUT2D eigenvalue weighted by molar-refractivity contribution is 7.98. The van der Waals surface area contributed by atoms with Gasteiger partial charge in [0.05, 0.1) is 12.7 Å². The third kappa shape index (κ3) is 6.74. The van der Waals surface area contributed by atoms with Gasteiger partial charge in [0, 0.05) is 22.0 Å². The second-order valence-electron chi connectivity index (χ2n) is 11.0. The Hall–Kier alpha value is -3.95. The van der Waals surface area contributed by atoms with Crippen LogP contribution in [0.15, 0.2) is 89.2 Å². The Morgan fingerprint density at radius 3 is 2.57 bits per heavy atom. The van der Waals surface area contributed by atoms with Crippen molar-refractivity contribution in [2.45, 2.75) is 68.7 Å². The van der Waals surface area contributed by atoms with E-state index in [1.54, 1.807) is 23.6 Å². The second kappa shape index (κ2) is 13.8. The number of anilines is 1. The van der Waals surface area contributed by atoms with Crippen molar-refractivity contribution in [3.63, 3.8) is 0 Å². The van der Waals surface area contributed by atoms with Crippen LogP contribution in [0.3, 0.4) is 0 Å². The van der Waals surface area contributed by atoms with Gasteiger partial charge in [-0.3, -0.25) is 0 Å². The number of methoxy groups -OCH3 is 1. The third-order valence-corrected chi connectivity index (χ3v) is 9.21. The molecule has 6 rings (SSSR count). The maximum atomic E-state index is 13.8. The number of thioether (sulfide) groups is 1. The predicted molar refractivity (Wildman–Crippen MR) is 172 cm³/mol. The number of hydrogen-bond donors (Lipinski definition) is 1. The summed E-state index contributed by atoms with van der Waals surface area (Å²) >= 11 is 7.89. The van der Waals surface area contributed by atoms with E-state index in [1.165, 1.54) is 12.0 Å². The molecule has 8 nitrogen and oxygen atoms in total. The molecule has 10 heteroatoms. The lowest BCUT2D eigenvalue weighted by Gasteiger charge is -2.30. The topological polar surface area (TPSA) is 87.5 Å². The van der Waals surface area contributed by atoms with Gasteiger partial charge in [-0.1, -0.05) is 84.4 Å². The molecule has 1 N–H and O–H groups in total. The highest BCUT2D eigenvalue weighted by atomic mass is 35.5. The van der Waals surface area contributed by atoms with Crippen molar-refractivity contribution in [3.05, 3.63) is 106 Å². The molecule has 1 aromatic heterocycles. The van der Waals surface area contributed by atoms with E-state index in [2.05, 4.69) is 17.4 Å². The summed E-state index contributed by atoms with van der Waals surface area (Å²) in [6.07, 6.45) is 5.00. The maximum absolute atomic E-state index is 13.8. The molecule has 3 aromatic carbocycles. The fourth-order valence-electron chi connectivity index (χ4n) is 5.63. The van der Waals surface area contributed by atoms with E-state index in [4.69, 9.17) is 35.9 Å². The number of aromatic nitrogens is 3. The zero-order valence-electron chi connectivity index (χ0n) is 24.8. The molecule has 1 unspecified atom stereocenters. The normalized spacial score (nSPS) is 16.7. The smallest absolute Gasteiger partial charge is 0.338 e. The van der Waals surface area contributed by atoms with Gasteiger partial charge in [0.2, 0.25) is 11.1 Å². The molecule has 44 heavy (non-hydrogen) atoms. The van der Waals surface area contributed by atoms with Crippen molar-refractivity contribution in [1.29, 1.82) is 0 Å². The lowest BCUT2D eigenvalue weighted by molar-refractivity contribution is -0.146. The zero-order chi connectivity index (χ0) is 30.5. The van der Waals surface area contributed by atoms with Crippen LogP contribution in [-0.2, 0) is 21.9 Å². The molecule has 1 atom stereocenters. The first kappa shape index (κ1) is 30.1. The molecule has 0 saturated heterocycles. The van der Waals surface area contributed by atoms with Crippen LogP contribution < -0.4 is 14.8 Å². The molecule has 4 aromatic rings. The lowest BCUT2D eigenvalue weighted by atomic mass is 9.94. The molecule has 0 amide bonds. The highest BCUT2D eigenvalue weighted by Crippen LogP contribution is 2.41. The molecule has 1 aliphatic carbocycles. The fourth-order valence-corrected chi connectivity index (χ4v) is 6.60. The van der Waals surface area contributed by atoms with Crippen LogP contribution >= 0.6 is 23.4 Å². The average Bonchev–Trinajstić information content (AvgIpc) is 3.46.